The van der Waals surface area contributed by atoms with Gasteiger partial charge in [-0.1, -0.05) is 51.1 Å². The summed E-state index contributed by atoms with van der Waals surface area (Å²) in [5.41, 5.74) is 0.570. The highest BCUT2D eigenvalue weighted by Crippen LogP contribution is 2.38. The maximum atomic E-state index is 12.4. The van der Waals surface area contributed by atoms with Crippen molar-refractivity contribution in [3.05, 3.63) is 35.9 Å². The number of likely N-dealkylation sites (tertiary alicyclic amines) is 1. The van der Waals surface area contributed by atoms with E-state index in [1.165, 1.54) is 4.90 Å². The number of benzene rings is 1. The Bertz CT molecular complexity index is 465. The van der Waals surface area contributed by atoms with Crippen LogP contribution in [-0.4, -0.2) is 16.7 Å². The Hall–Kier alpha value is -1.64. The van der Waals surface area contributed by atoms with Crippen molar-refractivity contribution in [3.63, 3.8) is 0 Å². The molecule has 0 bridgehead atoms. The number of nitrogens with zero attached hydrogens (tertiary/aromatic N) is 1. The van der Waals surface area contributed by atoms with Gasteiger partial charge in [-0.15, -0.1) is 0 Å². The number of carbonyl (C=O) groups excluding carboxylic acids is 2. The Kier molecular flexibility index (Phi) is 3.24. The van der Waals surface area contributed by atoms with Crippen molar-refractivity contribution in [3.8, 4) is 0 Å². The average molecular weight is 245 g/mol. The normalized spacial score (nSPS) is 19.6. The monoisotopic (exact) mass is 245 g/mol. The first kappa shape index (κ1) is 12.8. The predicted molar refractivity (Wildman–Crippen MR) is 69.7 cm³/mol. The average Bonchev–Trinajstić information content (AvgIpc) is 2.36. The van der Waals surface area contributed by atoms with Crippen molar-refractivity contribution in [2.75, 3.05) is 0 Å². The van der Waals surface area contributed by atoms with E-state index in [-0.39, 0.29) is 17.9 Å². The summed E-state index contributed by atoms with van der Waals surface area (Å²) in [4.78, 5) is 25.5. The molecule has 18 heavy (non-hydrogen) atoms. The van der Waals surface area contributed by atoms with Gasteiger partial charge in [0.2, 0.25) is 11.8 Å². The van der Waals surface area contributed by atoms with Crippen LogP contribution in [0.4, 0.5) is 0 Å². The summed E-state index contributed by atoms with van der Waals surface area (Å²) in [6, 6.07) is 9.67. The maximum absolute atomic E-state index is 12.4. The molecule has 3 nitrogen and oxygen atoms in total. The Morgan fingerprint density at radius 1 is 1.33 bits per heavy atom. The molecule has 0 aromatic heterocycles. The molecule has 0 unspecified atom stereocenters. The van der Waals surface area contributed by atoms with Crippen LogP contribution < -0.4 is 0 Å². The van der Waals surface area contributed by atoms with E-state index in [1.54, 1.807) is 0 Å². The highest BCUT2D eigenvalue weighted by atomic mass is 16.2. The summed E-state index contributed by atoms with van der Waals surface area (Å²) in [5, 5.41) is 0. The van der Waals surface area contributed by atoms with Crippen molar-refractivity contribution in [2.45, 2.75) is 39.7 Å². The van der Waals surface area contributed by atoms with Crippen molar-refractivity contribution in [1.29, 1.82) is 0 Å². The first-order valence-electron chi connectivity index (χ1n) is 6.39. The van der Waals surface area contributed by atoms with Crippen molar-refractivity contribution in [2.24, 2.45) is 5.41 Å². The lowest BCUT2D eigenvalue weighted by Crippen LogP contribution is -2.54. The zero-order valence-electron chi connectivity index (χ0n) is 11.1. The zero-order valence-corrected chi connectivity index (χ0v) is 11.1. The van der Waals surface area contributed by atoms with Crippen molar-refractivity contribution >= 4 is 11.8 Å². The minimum absolute atomic E-state index is 0.0598. The van der Waals surface area contributed by atoms with E-state index < -0.39 is 5.41 Å². The predicted octanol–water partition coefficient (Wildman–Crippen LogP) is 2.92. The molecular formula is C15H19NO2. The number of rotatable bonds is 3. The lowest BCUT2D eigenvalue weighted by atomic mass is 9.84. The second-order valence-electron chi connectivity index (χ2n) is 5.44. The Morgan fingerprint density at radius 2 is 1.94 bits per heavy atom. The minimum atomic E-state index is -0.469. The molecule has 1 fully saturated rings. The molecule has 0 N–H and O–H groups in total. The Labute approximate surface area is 108 Å². The largest absolute Gasteiger partial charge is 0.274 e. The third kappa shape index (κ3) is 2.05. The fourth-order valence-corrected chi connectivity index (χ4v) is 2.09. The summed E-state index contributed by atoms with van der Waals surface area (Å²) in [6.07, 6.45) is 1.17. The summed E-state index contributed by atoms with van der Waals surface area (Å²) in [7, 11) is 0. The van der Waals surface area contributed by atoms with Crippen molar-refractivity contribution in [1.82, 2.24) is 4.90 Å². The molecule has 1 atom stereocenters. The van der Waals surface area contributed by atoms with Crippen LogP contribution in [0.15, 0.2) is 30.3 Å². The molecule has 2 rings (SSSR count). The smallest absolute Gasteiger partial charge is 0.235 e. The number of carbonyl (C=O) groups is 2. The van der Waals surface area contributed by atoms with Crippen LogP contribution in [0, 0.1) is 5.41 Å². The molecule has 1 saturated heterocycles. The molecule has 0 aliphatic carbocycles. The molecule has 1 aromatic rings. The molecule has 1 aliphatic rings. The lowest BCUT2D eigenvalue weighted by Gasteiger charge is -2.42. The molecule has 1 aromatic carbocycles. The van der Waals surface area contributed by atoms with Gasteiger partial charge in [0.15, 0.2) is 0 Å². The van der Waals surface area contributed by atoms with Crippen LogP contribution in [0.1, 0.15) is 45.2 Å². The van der Waals surface area contributed by atoms with Gasteiger partial charge in [-0.05, 0) is 12.0 Å². The van der Waals surface area contributed by atoms with Crippen LogP contribution in [0.5, 0.6) is 0 Å². The van der Waals surface area contributed by atoms with Gasteiger partial charge in [0.25, 0.3) is 0 Å². The van der Waals surface area contributed by atoms with E-state index in [0.29, 0.717) is 6.42 Å². The molecular weight excluding hydrogens is 226 g/mol. The number of hydrogen-bond donors (Lipinski definition) is 0. The lowest BCUT2D eigenvalue weighted by molar-refractivity contribution is -0.164. The van der Waals surface area contributed by atoms with E-state index in [2.05, 4.69) is 0 Å². The Balaban J connectivity index is 2.22. The Morgan fingerprint density at radius 3 is 2.44 bits per heavy atom. The van der Waals surface area contributed by atoms with Crippen LogP contribution in [-0.2, 0) is 9.59 Å². The van der Waals surface area contributed by atoms with Crippen molar-refractivity contribution < 1.29 is 9.59 Å². The van der Waals surface area contributed by atoms with Gasteiger partial charge in [0.05, 0.1) is 12.5 Å². The molecule has 3 heteroatoms. The van der Waals surface area contributed by atoms with Gasteiger partial charge >= 0.3 is 0 Å². The number of hydrogen-bond acceptors (Lipinski definition) is 2. The summed E-state index contributed by atoms with van der Waals surface area (Å²) in [6.45, 7) is 5.76. The standard InChI is InChI=1S/C15H19NO2/c1-4-15(2,3)14(18)16-12(10-13(16)17)11-8-6-5-7-9-11/h5-9,12H,4,10H2,1-3H3/t12-/m0/s1. The van der Waals surface area contributed by atoms with Gasteiger partial charge in [-0.2, -0.15) is 0 Å². The topological polar surface area (TPSA) is 37.4 Å². The number of amides is 2. The number of β-lactam (4-membered cyclic amide) rings is 1. The van der Waals surface area contributed by atoms with Crippen LogP contribution in [0.3, 0.4) is 0 Å². The first-order valence-corrected chi connectivity index (χ1v) is 6.39. The fourth-order valence-electron chi connectivity index (χ4n) is 2.09. The second-order valence-corrected chi connectivity index (χ2v) is 5.44. The molecule has 0 saturated carbocycles. The summed E-state index contributed by atoms with van der Waals surface area (Å²) < 4.78 is 0. The van der Waals surface area contributed by atoms with E-state index in [1.807, 2.05) is 51.1 Å². The van der Waals surface area contributed by atoms with Gasteiger partial charge in [-0.3, -0.25) is 14.5 Å². The van der Waals surface area contributed by atoms with Crippen LogP contribution in [0.25, 0.3) is 0 Å². The fraction of sp³-hybridized carbons (Fsp3) is 0.467. The molecule has 1 aliphatic heterocycles. The van der Waals surface area contributed by atoms with E-state index in [0.717, 1.165) is 12.0 Å². The van der Waals surface area contributed by atoms with Crippen LogP contribution >= 0.6 is 0 Å². The third-order valence-electron chi connectivity index (χ3n) is 3.81. The number of imide groups is 1. The molecule has 96 valence electrons. The summed E-state index contributed by atoms with van der Waals surface area (Å²) in [5.74, 6) is -0.120. The molecule has 0 spiro atoms. The highest BCUT2D eigenvalue weighted by molar-refractivity contribution is 6.02. The van der Waals surface area contributed by atoms with Gasteiger partial charge in [-0.25, -0.2) is 0 Å². The molecule has 2 amide bonds. The zero-order chi connectivity index (χ0) is 13.3. The van der Waals surface area contributed by atoms with Crippen LogP contribution in [0.2, 0.25) is 0 Å². The van der Waals surface area contributed by atoms with E-state index in [9.17, 15) is 9.59 Å². The van der Waals surface area contributed by atoms with Gasteiger partial charge < -0.3 is 0 Å². The second kappa shape index (κ2) is 4.56. The SMILES string of the molecule is CCC(C)(C)C(=O)N1C(=O)C[C@H]1c1ccccc1. The summed E-state index contributed by atoms with van der Waals surface area (Å²) >= 11 is 0. The highest BCUT2D eigenvalue weighted by Gasteiger charge is 2.45. The molecule has 0 radical (unpaired) electrons. The quantitative estimate of drug-likeness (QED) is 0.768. The maximum Gasteiger partial charge on any atom is 0.235 e. The third-order valence-corrected chi connectivity index (χ3v) is 3.81. The van der Waals surface area contributed by atoms with Gasteiger partial charge in [0.1, 0.15) is 0 Å². The minimum Gasteiger partial charge on any atom is -0.274 e. The first-order chi connectivity index (χ1) is 8.47. The van der Waals surface area contributed by atoms with E-state index >= 15 is 0 Å². The van der Waals surface area contributed by atoms with E-state index in [4.69, 9.17) is 0 Å². The van der Waals surface area contributed by atoms with Gasteiger partial charge in [0, 0.05) is 5.41 Å². The molecule has 1 heterocycles.